The molecule has 1 amide bonds. The molecule has 0 aliphatic carbocycles. The number of imidazole rings is 1. The summed E-state index contributed by atoms with van der Waals surface area (Å²) < 4.78 is 2.01. The number of ketones is 1. The molecule has 2 N–H and O–H groups in total. The first-order valence-electron chi connectivity index (χ1n) is 11.8. The summed E-state index contributed by atoms with van der Waals surface area (Å²) in [6.07, 6.45) is 4.60. The minimum absolute atomic E-state index is 0.0459. The molecule has 0 unspecified atom stereocenters. The fourth-order valence-electron chi connectivity index (χ4n) is 4.62. The van der Waals surface area contributed by atoms with Gasteiger partial charge in [-0.2, -0.15) is 0 Å². The average molecular weight is 474 g/mol. The van der Waals surface area contributed by atoms with Crippen LogP contribution >= 0.6 is 0 Å². The second kappa shape index (κ2) is 9.11. The summed E-state index contributed by atoms with van der Waals surface area (Å²) in [6.45, 7) is 0.564. The lowest BCUT2D eigenvalue weighted by Gasteiger charge is -2.10. The van der Waals surface area contributed by atoms with Crippen LogP contribution in [-0.4, -0.2) is 31.9 Å². The van der Waals surface area contributed by atoms with Crippen LogP contribution in [0.2, 0.25) is 0 Å². The van der Waals surface area contributed by atoms with Crippen LogP contribution in [0.15, 0.2) is 96.1 Å². The molecule has 0 spiro atoms. The number of H-pyrrole nitrogens is 1. The summed E-state index contributed by atoms with van der Waals surface area (Å²) in [4.78, 5) is 38.3. The van der Waals surface area contributed by atoms with Gasteiger partial charge in [0.25, 0.3) is 5.91 Å². The number of aromatic nitrogens is 3. The Kier molecular flexibility index (Phi) is 5.50. The molecule has 1 aliphatic rings. The zero-order chi connectivity index (χ0) is 24.5. The highest BCUT2D eigenvalue weighted by Crippen LogP contribution is 2.24. The number of carbonyl (C=O) groups is 2. The van der Waals surface area contributed by atoms with Gasteiger partial charge in [-0.3, -0.25) is 19.9 Å². The van der Waals surface area contributed by atoms with E-state index in [1.165, 1.54) is 0 Å². The summed E-state index contributed by atoms with van der Waals surface area (Å²) in [7, 11) is 0. The summed E-state index contributed by atoms with van der Waals surface area (Å²) in [6, 6.07) is 25.3. The molecule has 5 aromatic rings. The molecule has 2 aromatic heterocycles. The lowest BCUT2D eigenvalue weighted by atomic mass is 10.0. The Bertz CT molecular complexity index is 1670. The maximum Gasteiger partial charge on any atom is 0.274 e. The fraction of sp³-hybridized carbons (Fsp3) is 0.103. The van der Waals surface area contributed by atoms with E-state index < -0.39 is 0 Å². The van der Waals surface area contributed by atoms with Gasteiger partial charge in [-0.25, -0.2) is 4.98 Å². The van der Waals surface area contributed by atoms with Crippen LogP contribution in [-0.2, 0) is 6.54 Å². The highest BCUT2D eigenvalue weighted by atomic mass is 16.2. The van der Waals surface area contributed by atoms with Crippen molar-refractivity contribution in [1.29, 1.82) is 0 Å². The molecule has 7 heteroatoms. The van der Waals surface area contributed by atoms with Gasteiger partial charge in [0.05, 0.1) is 5.52 Å². The van der Waals surface area contributed by atoms with E-state index in [0.29, 0.717) is 41.2 Å². The number of Topliss-reactive ketones (excluding diaryl/α,β-unsaturated/α-hetero) is 1. The molecule has 0 saturated heterocycles. The van der Waals surface area contributed by atoms with Crippen molar-refractivity contribution < 1.29 is 9.59 Å². The first-order chi connectivity index (χ1) is 17.7. The number of aromatic amines is 1. The number of carbonyl (C=O) groups excluding carboxylic acids is 2. The van der Waals surface area contributed by atoms with Crippen molar-refractivity contribution in [1.82, 2.24) is 14.5 Å². The third kappa shape index (κ3) is 4.11. The molecule has 0 fully saturated rings. The van der Waals surface area contributed by atoms with Gasteiger partial charge in [-0.15, -0.1) is 0 Å². The van der Waals surface area contributed by atoms with Crippen LogP contribution in [0.5, 0.6) is 0 Å². The SMILES string of the molecule is O=C(CC1=NC=CC1)c1cccc2[nH]c(NC(=O)c3cc4ccccc4n3Cc3ccccc3)nc12. The number of nitrogens with one attached hydrogen (secondary N) is 2. The second-order valence-electron chi connectivity index (χ2n) is 8.79. The number of aliphatic imine (C=N–C) groups is 1. The predicted octanol–water partition coefficient (Wildman–Crippen LogP) is 5.75. The number of para-hydroxylation sites is 2. The summed E-state index contributed by atoms with van der Waals surface area (Å²) in [5, 5.41) is 3.89. The summed E-state index contributed by atoms with van der Waals surface area (Å²) in [5.74, 6) is -0.0255. The van der Waals surface area contributed by atoms with Crippen LogP contribution < -0.4 is 5.32 Å². The number of fused-ring (bicyclic) bond motifs is 2. The van der Waals surface area contributed by atoms with E-state index in [1.807, 2.05) is 83.4 Å². The van der Waals surface area contributed by atoms with Crippen molar-refractivity contribution in [3.8, 4) is 0 Å². The van der Waals surface area contributed by atoms with Crippen LogP contribution in [0.4, 0.5) is 5.95 Å². The fourth-order valence-corrected chi connectivity index (χ4v) is 4.62. The number of nitrogens with zero attached hydrogens (tertiary/aromatic N) is 3. The first-order valence-corrected chi connectivity index (χ1v) is 11.8. The van der Waals surface area contributed by atoms with E-state index in [9.17, 15) is 9.59 Å². The van der Waals surface area contributed by atoms with Crippen LogP contribution in [0, 0.1) is 0 Å². The van der Waals surface area contributed by atoms with Crippen LogP contribution in [0.1, 0.15) is 39.3 Å². The van der Waals surface area contributed by atoms with Crippen molar-refractivity contribution in [2.45, 2.75) is 19.4 Å². The van der Waals surface area contributed by atoms with E-state index in [2.05, 4.69) is 20.3 Å². The summed E-state index contributed by atoms with van der Waals surface area (Å²) in [5.41, 5.74) is 5.18. The van der Waals surface area contributed by atoms with Crippen molar-refractivity contribution in [3.05, 3.63) is 108 Å². The molecular formula is C29H23N5O2. The minimum atomic E-state index is -0.277. The molecular weight excluding hydrogens is 450 g/mol. The molecule has 36 heavy (non-hydrogen) atoms. The minimum Gasteiger partial charge on any atom is -0.332 e. The smallest absolute Gasteiger partial charge is 0.274 e. The van der Waals surface area contributed by atoms with E-state index in [0.717, 1.165) is 22.2 Å². The van der Waals surface area contributed by atoms with E-state index in [-0.39, 0.29) is 18.1 Å². The largest absolute Gasteiger partial charge is 0.332 e. The maximum atomic E-state index is 13.4. The first kappa shape index (κ1) is 21.7. The zero-order valence-corrected chi connectivity index (χ0v) is 19.4. The lowest BCUT2D eigenvalue weighted by molar-refractivity contribution is 0.0998. The Morgan fingerprint density at radius 1 is 0.972 bits per heavy atom. The number of allylic oxidation sites excluding steroid dienone is 1. The molecule has 3 heterocycles. The van der Waals surface area contributed by atoms with Gasteiger partial charge in [0, 0.05) is 47.8 Å². The van der Waals surface area contributed by atoms with Crippen LogP contribution in [0.25, 0.3) is 21.9 Å². The molecule has 0 bridgehead atoms. The molecule has 0 atom stereocenters. The number of amides is 1. The van der Waals surface area contributed by atoms with Gasteiger partial charge in [0.1, 0.15) is 11.2 Å². The third-order valence-electron chi connectivity index (χ3n) is 6.35. The zero-order valence-electron chi connectivity index (χ0n) is 19.4. The van der Waals surface area contributed by atoms with Crippen molar-refractivity contribution >= 4 is 45.3 Å². The molecule has 0 saturated carbocycles. The van der Waals surface area contributed by atoms with Gasteiger partial charge in [0.15, 0.2) is 5.78 Å². The van der Waals surface area contributed by atoms with Gasteiger partial charge in [0.2, 0.25) is 5.95 Å². The molecule has 6 rings (SSSR count). The van der Waals surface area contributed by atoms with Gasteiger partial charge in [-0.1, -0.05) is 60.7 Å². The Balaban J connectivity index is 1.31. The maximum absolute atomic E-state index is 13.4. The highest BCUT2D eigenvalue weighted by molar-refractivity contribution is 6.15. The van der Waals surface area contributed by atoms with E-state index >= 15 is 0 Å². The number of hydrogen-bond acceptors (Lipinski definition) is 4. The Labute approximate surface area is 207 Å². The number of anilines is 1. The molecule has 3 aromatic carbocycles. The Morgan fingerprint density at radius 2 is 1.81 bits per heavy atom. The standard InChI is InChI=1S/C29H23N5O2/c35-26(17-21-11-7-15-30-21)22-12-6-13-23-27(22)32-29(31-23)33-28(36)25-16-20-10-4-5-14-24(20)34(25)18-19-8-2-1-3-9-19/h1-10,12-16H,11,17-18H2,(H2,31,32,33,36). The highest BCUT2D eigenvalue weighted by Gasteiger charge is 2.20. The van der Waals surface area contributed by atoms with E-state index in [1.54, 1.807) is 12.3 Å². The van der Waals surface area contributed by atoms with Gasteiger partial charge >= 0.3 is 0 Å². The normalized spacial score (nSPS) is 12.8. The van der Waals surface area contributed by atoms with Gasteiger partial charge < -0.3 is 9.55 Å². The third-order valence-corrected chi connectivity index (χ3v) is 6.35. The second-order valence-corrected chi connectivity index (χ2v) is 8.79. The van der Waals surface area contributed by atoms with Crippen LogP contribution in [0.3, 0.4) is 0 Å². The molecule has 1 aliphatic heterocycles. The lowest BCUT2D eigenvalue weighted by Crippen LogP contribution is -2.18. The molecule has 176 valence electrons. The van der Waals surface area contributed by atoms with Crippen molar-refractivity contribution in [2.75, 3.05) is 5.32 Å². The van der Waals surface area contributed by atoms with Crippen molar-refractivity contribution in [2.24, 2.45) is 4.99 Å². The van der Waals surface area contributed by atoms with Gasteiger partial charge in [-0.05, 0) is 29.8 Å². The average Bonchev–Trinajstić information content (AvgIpc) is 3.63. The molecule has 0 radical (unpaired) electrons. The topological polar surface area (TPSA) is 92.1 Å². The number of hydrogen-bond donors (Lipinski definition) is 2. The van der Waals surface area contributed by atoms with Crippen molar-refractivity contribution in [3.63, 3.8) is 0 Å². The summed E-state index contributed by atoms with van der Waals surface area (Å²) >= 11 is 0. The van der Waals surface area contributed by atoms with E-state index in [4.69, 9.17) is 0 Å². The molecule has 7 nitrogen and oxygen atoms in total. The monoisotopic (exact) mass is 473 g/mol. The quantitative estimate of drug-likeness (QED) is 0.295. The number of benzene rings is 3. The Hall–Kier alpha value is -4.78. The predicted molar refractivity (Wildman–Crippen MR) is 142 cm³/mol. The Morgan fingerprint density at radius 3 is 2.64 bits per heavy atom. The number of rotatable bonds is 7.